The molecule has 0 aromatic rings. The molecule has 0 heterocycles. The fourth-order valence-electron chi connectivity index (χ4n) is 1.41. The van der Waals surface area contributed by atoms with E-state index >= 15 is 0 Å². The van der Waals surface area contributed by atoms with Crippen molar-refractivity contribution in [3.8, 4) is 0 Å². The first-order chi connectivity index (χ1) is 6.06. The molecule has 1 heteroatoms. The fraction of sp³-hybridized carbons (Fsp3) is 0.833. The van der Waals surface area contributed by atoms with Crippen molar-refractivity contribution in [3.05, 3.63) is 11.6 Å². The van der Waals surface area contributed by atoms with Crippen molar-refractivity contribution >= 4 is 0 Å². The highest BCUT2D eigenvalue weighted by Gasteiger charge is 2.07. The zero-order valence-electron chi connectivity index (χ0n) is 9.51. The van der Waals surface area contributed by atoms with Crippen LogP contribution >= 0.6 is 0 Å². The van der Waals surface area contributed by atoms with Gasteiger partial charge in [0.1, 0.15) is 0 Å². The van der Waals surface area contributed by atoms with E-state index in [9.17, 15) is 5.11 Å². The van der Waals surface area contributed by atoms with Gasteiger partial charge in [0.05, 0.1) is 6.10 Å². The lowest BCUT2D eigenvalue weighted by Crippen LogP contribution is -2.09. The van der Waals surface area contributed by atoms with Gasteiger partial charge in [0.15, 0.2) is 0 Å². The maximum atomic E-state index is 9.42. The van der Waals surface area contributed by atoms with Crippen LogP contribution in [-0.2, 0) is 0 Å². The smallest absolute Gasteiger partial charge is 0.0540 e. The van der Waals surface area contributed by atoms with Crippen molar-refractivity contribution in [3.63, 3.8) is 0 Å². The van der Waals surface area contributed by atoms with Crippen molar-refractivity contribution < 1.29 is 5.11 Å². The average molecular weight is 184 g/mol. The molecule has 0 aliphatic rings. The molecule has 0 fully saturated rings. The normalized spacial score (nSPS) is 15.2. The summed E-state index contributed by atoms with van der Waals surface area (Å²) in [7, 11) is 0. The molecule has 0 saturated carbocycles. The Morgan fingerprint density at radius 2 is 2.00 bits per heavy atom. The van der Waals surface area contributed by atoms with Crippen molar-refractivity contribution in [2.24, 2.45) is 5.92 Å². The lowest BCUT2D eigenvalue weighted by molar-refractivity contribution is 0.139. The molecule has 0 bridgehead atoms. The third-order valence-electron chi connectivity index (χ3n) is 2.36. The monoisotopic (exact) mass is 184 g/mol. The van der Waals surface area contributed by atoms with Gasteiger partial charge in [-0.1, -0.05) is 25.5 Å². The van der Waals surface area contributed by atoms with E-state index in [0.717, 1.165) is 19.3 Å². The predicted octanol–water partition coefficient (Wildman–Crippen LogP) is 3.53. The Hall–Kier alpha value is -0.300. The Labute approximate surface area is 82.9 Å². The predicted molar refractivity (Wildman–Crippen MR) is 58.7 cm³/mol. The molecule has 0 spiro atoms. The molecule has 0 amide bonds. The van der Waals surface area contributed by atoms with Crippen LogP contribution in [0.25, 0.3) is 0 Å². The van der Waals surface area contributed by atoms with E-state index < -0.39 is 0 Å². The lowest BCUT2D eigenvalue weighted by atomic mass is 9.97. The van der Waals surface area contributed by atoms with Gasteiger partial charge in [-0.15, -0.1) is 0 Å². The summed E-state index contributed by atoms with van der Waals surface area (Å²) >= 11 is 0. The van der Waals surface area contributed by atoms with Gasteiger partial charge in [-0.25, -0.2) is 0 Å². The molecule has 0 aliphatic carbocycles. The zero-order chi connectivity index (χ0) is 10.3. The molecule has 13 heavy (non-hydrogen) atoms. The number of allylic oxidation sites excluding steroid dienone is 2. The van der Waals surface area contributed by atoms with E-state index in [2.05, 4.69) is 26.8 Å². The van der Waals surface area contributed by atoms with Gasteiger partial charge in [-0.05, 0) is 45.4 Å². The molecule has 0 rings (SSSR count). The minimum absolute atomic E-state index is 0.0956. The largest absolute Gasteiger partial charge is 0.393 e. The maximum absolute atomic E-state index is 9.42. The van der Waals surface area contributed by atoms with Crippen LogP contribution in [0.2, 0.25) is 0 Å². The third-order valence-corrected chi connectivity index (χ3v) is 2.36. The van der Waals surface area contributed by atoms with Gasteiger partial charge >= 0.3 is 0 Å². The lowest BCUT2D eigenvalue weighted by Gasteiger charge is -2.13. The van der Waals surface area contributed by atoms with Crippen molar-refractivity contribution in [2.45, 2.75) is 59.5 Å². The summed E-state index contributed by atoms with van der Waals surface area (Å²) in [5.41, 5.74) is 1.39. The number of aliphatic hydroxyl groups excluding tert-OH is 1. The number of aliphatic hydroxyl groups is 1. The molecule has 1 nitrogen and oxygen atoms in total. The molecule has 0 saturated heterocycles. The highest BCUT2D eigenvalue weighted by Crippen LogP contribution is 2.15. The summed E-state index contributed by atoms with van der Waals surface area (Å²) < 4.78 is 0. The van der Waals surface area contributed by atoms with Crippen LogP contribution in [0.1, 0.15) is 53.4 Å². The quantitative estimate of drug-likeness (QED) is 0.626. The minimum Gasteiger partial charge on any atom is -0.393 e. The van der Waals surface area contributed by atoms with E-state index in [4.69, 9.17) is 0 Å². The maximum Gasteiger partial charge on any atom is 0.0540 e. The van der Waals surface area contributed by atoms with Gasteiger partial charge in [-0.2, -0.15) is 0 Å². The van der Waals surface area contributed by atoms with E-state index in [1.54, 1.807) is 0 Å². The van der Waals surface area contributed by atoms with Crippen LogP contribution in [0.4, 0.5) is 0 Å². The van der Waals surface area contributed by atoms with Crippen LogP contribution < -0.4 is 0 Å². The molecule has 0 aromatic carbocycles. The fourth-order valence-corrected chi connectivity index (χ4v) is 1.41. The Bertz CT molecular complexity index is 145. The number of rotatable bonds is 6. The summed E-state index contributed by atoms with van der Waals surface area (Å²) in [6.07, 6.45) is 6.36. The summed E-state index contributed by atoms with van der Waals surface area (Å²) in [5.74, 6) is 0.644. The van der Waals surface area contributed by atoms with E-state index in [-0.39, 0.29) is 6.10 Å². The third kappa shape index (κ3) is 8.04. The standard InChI is InChI=1S/C12H24O/c1-5-12(13)9-11(4)8-6-7-10(2)3/h7,11-13H,5-6,8-9H2,1-4H3/t11-,12+/m0/s1. The Balaban J connectivity index is 3.51. The van der Waals surface area contributed by atoms with E-state index in [0.29, 0.717) is 5.92 Å². The van der Waals surface area contributed by atoms with Gasteiger partial charge < -0.3 is 5.11 Å². The zero-order valence-corrected chi connectivity index (χ0v) is 9.51. The first kappa shape index (κ1) is 12.7. The average Bonchev–Trinajstić information content (AvgIpc) is 2.03. The van der Waals surface area contributed by atoms with Gasteiger partial charge in [0.25, 0.3) is 0 Å². The SMILES string of the molecule is CC[C@@H](O)C[C@@H](C)CCC=C(C)C. The molecular weight excluding hydrogens is 160 g/mol. The summed E-state index contributed by atoms with van der Waals surface area (Å²) in [4.78, 5) is 0. The van der Waals surface area contributed by atoms with Crippen molar-refractivity contribution in [1.29, 1.82) is 0 Å². The van der Waals surface area contributed by atoms with Crippen LogP contribution in [0, 0.1) is 5.92 Å². The Kier molecular flexibility index (Phi) is 6.97. The second-order valence-corrected chi connectivity index (χ2v) is 4.26. The highest BCUT2D eigenvalue weighted by molar-refractivity contribution is 4.92. The Morgan fingerprint density at radius 3 is 2.46 bits per heavy atom. The molecule has 78 valence electrons. The summed E-state index contributed by atoms with van der Waals surface area (Å²) in [6.45, 7) is 8.52. The highest BCUT2D eigenvalue weighted by atomic mass is 16.3. The summed E-state index contributed by atoms with van der Waals surface area (Å²) in [5, 5.41) is 9.42. The van der Waals surface area contributed by atoms with Gasteiger partial charge in [0, 0.05) is 0 Å². The first-order valence-electron chi connectivity index (χ1n) is 5.37. The van der Waals surface area contributed by atoms with Crippen LogP contribution in [-0.4, -0.2) is 11.2 Å². The van der Waals surface area contributed by atoms with E-state index in [1.165, 1.54) is 12.0 Å². The minimum atomic E-state index is -0.0956. The van der Waals surface area contributed by atoms with E-state index in [1.807, 2.05) is 6.92 Å². The number of hydrogen-bond acceptors (Lipinski definition) is 1. The van der Waals surface area contributed by atoms with Crippen LogP contribution in [0.5, 0.6) is 0 Å². The Morgan fingerprint density at radius 1 is 1.38 bits per heavy atom. The molecule has 2 atom stereocenters. The second kappa shape index (κ2) is 7.14. The van der Waals surface area contributed by atoms with Crippen molar-refractivity contribution in [2.75, 3.05) is 0 Å². The molecular formula is C12H24O. The molecule has 0 aromatic heterocycles. The topological polar surface area (TPSA) is 20.2 Å². The summed E-state index contributed by atoms with van der Waals surface area (Å²) in [6, 6.07) is 0. The van der Waals surface area contributed by atoms with Gasteiger partial charge in [-0.3, -0.25) is 0 Å². The molecule has 0 radical (unpaired) electrons. The second-order valence-electron chi connectivity index (χ2n) is 4.26. The molecule has 0 unspecified atom stereocenters. The molecule has 0 aliphatic heterocycles. The first-order valence-corrected chi connectivity index (χ1v) is 5.37. The van der Waals surface area contributed by atoms with Crippen LogP contribution in [0.15, 0.2) is 11.6 Å². The van der Waals surface area contributed by atoms with Crippen molar-refractivity contribution in [1.82, 2.24) is 0 Å². The van der Waals surface area contributed by atoms with Gasteiger partial charge in [0.2, 0.25) is 0 Å². The number of hydrogen-bond donors (Lipinski definition) is 1. The molecule has 1 N–H and O–H groups in total. The van der Waals surface area contributed by atoms with Crippen LogP contribution in [0.3, 0.4) is 0 Å².